The topological polar surface area (TPSA) is 32.3 Å². The van der Waals surface area contributed by atoms with Crippen molar-refractivity contribution in [3.05, 3.63) is 17.6 Å². The number of anilines is 1. The summed E-state index contributed by atoms with van der Waals surface area (Å²) in [5.41, 5.74) is 1.14. The van der Waals surface area contributed by atoms with Crippen LogP contribution in [0.25, 0.3) is 0 Å². The van der Waals surface area contributed by atoms with E-state index in [0.717, 1.165) is 61.8 Å². The molecule has 1 fully saturated rings. The molecule has 4 nitrogen and oxygen atoms in total. The van der Waals surface area contributed by atoms with Crippen molar-refractivity contribution in [2.24, 2.45) is 0 Å². The molecule has 5 heteroatoms. The fourth-order valence-corrected chi connectivity index (χ4v) is 2.78. The zero-order valence-electron chi connectivity index (χ0n) is 11.2. The van der Waals surface area contributed by atoms with E-state index in [-0.39, 0.29) is 0 Å². The number of aromatic nitrogens is 2. The van der Waals surface area contributed by atoms with E-state index in [4.69, 9.17) is 0 Å². The summed E-state index contributed by atoms with van der Waals surface area (Å²) in [7, 11) is 0. The van der Waals surface area contributed by atoms with Crippen LogP contribution in [0.3, 0.4) is 0 Å². The monoisotopic (exact) mass is 312 g/mol. The number of alkyl halides is 1. The van der Waals surface area contributed by atoms with Crippen molar-refractivity contribution in [2.75, 3.05) is 43.0 Å². The van der Waals surface area contributed by atoms with Gasteiger partial charge in [-0.3, -0.25) is 4.90 Å². The molecule has 18 heavy (non-hydrogen) atoms. The van der Waals surface area contributed by atoms with E-state index in [1.54, 1.807) is 0 Å². The van der Waals surface area contributed by atoms with Crippen LogP contribution < -0.4 is 4.90 Å². The standard InChI is InChI=1S/C13H21BrN4/c1-3-12-10-13(16-11(2)15-12)18-8-6-17(5-4-14)7-9-18/h10H,3-9H2,1-2H3. The highest BCUT2D eigenvalue weighted by Crippen LogP contribution is 2.15. The van der Waals surface area contributed by atoms with E-state index in [0.29, 0.717) is 0 Å². The summed E-state index contributed by atoms with van der Waals surface area (Å²) < 4.78 is 0. The molecule has 0 radical (unpaired) electrons. The molecule has 0 spiro atoms. The molecule has 0 aromatic carbocycles. The lowest BCUT2D eigenvalue weighted by molar-refractivity contribution is 0.273. The second kappa shape index (κ2) is 6.48. The van der Waals surface area contributed by atoms with Crippen molar-refractivity contribution in [1.29, 1.82) is 0 Å². The first-order valence-corrected chi connectivity index (χ1v) is 7.73. The average Bonchev–Trinajstić information content (AvgIpc) is 2.39. The van der Waals surface area contributed by atoms with Crippen LogP contribution in [-0.2, 0) is 6.42 Å². The molecule has 2 rings (SSSR count). The fourth-order valence-electron chi connectivity index (χ4n) is 2.28. The Morgan fingerprint density at radius 2 is 1.94 bits per heavy atom. The molecule has 0 unspecified atom stereocenters. The molecule has 2 heterocycles. The first kappa shape index (κ1) is 13.7. The molecule has 100 valence electrons. The first-order chi connectivity index (χ1) is 8.72. The summed E-state index contributed by atoms with van der Waals surface area (Å²) in [5, 5.41) is 1.06. The van der Waals surface area contributed by atoms with E-state index in [2.05, 4.69) is 48.7 Å². The maximum atomic E-state index is 4.56. The second-order valence-electron chi connectivity index (χ2n) is 4.64. The third kappa shape index (κ3) is 3.42. The quantitative estimate of drug-likeness (QED) is 0.794. The van der Waals surface area contributed by atoms with Crippen LogP contribution in [0, 0.1) is 6.92 Å². The van der Waals surface area contributed by atoms with Crippen LogP contribution in [-0.4, -0.2) is 52.9 Å². The Hall–Kier alpha value is -0.680. The van der Waals surface area contributed by atoms with Gasteiger partial charge in [-0.1, -0.05) is 22.9 Å². The minimum absolute atomic E-state index is 0.882. The largest absolute Gasteiger partial charge is 0.354 e. The lowest BCUT2D eigenvalue weighted by Gasteiger charge is -2.35. The van der Waals surface area contributed by atoms with Crippen molar-refractivity contribution in [3.63, 3.8) is 0 Å². The highest BCUT2D eigenvalue weighted by molar-refractivity contribution is 9.09. The molecule has 0 aliphatic carbocycles. The van der Waals surface area contributed by atoms with Gasteiger partial charge >= 0.3 is 0 Å². The predicted molar refractivity (Wildman–Crippen MR) is 78.6 cm³/mol. The highest BCUT2D eigenvalue weighted by atomic mass is 79.9. The predicted octanol–water partition coefficient (Wildman–Crippen LogP) is 1.86. The summed E-state index contributed by atoms with van der Waals surface area (Å²) in [5.74, 6) is 1.98. The zero-order chi connectivity index (χ0) is 13.0. The molecule has 0 amide bonds. The molecule has 1 aliphatic heterocycles. The number of nitrogens with zero attached hydrogens (tertiary/aromatic N) is 4. The number of aryl methyl sites for hydroxylation is 2. The Morgan fingerprint density at radius 1 is 1.22 bits per heavy atom. The van der Waals surface area contributed by atoms with Crippen LogP contribution in [0.5, 0.6) is 0 Å². The maximum absolute atomic E-state index is 4.56. The summed E-state index contributed by atoms with van der Waals surface area (Å²) in [4.78, 5) is 13.9. The minimum atomic E-state index is 0.882. The zero-order valence-corrected chi connectivity index (χ0v) is 12.8. The minimum Gasteiger partial charge on any atom is -0.354 e. The van der Waals surface area contributed by atoms with Crippen molar-refractivity contribution in [3.8, 4) is 0 Å². The summed E-state index contributed by atoms with van der Waals surface area (Å²) in [6.45, 7) is 9.62. The number of hydrogen-bond acceptors (Lipinski definition) is 4. The second-order valence-corrected chi connectivity index (χ2v) is 5.43. The average molecular weight is 313 g/mol. The Morgan fingerprint density at radius 3 is 2.56 bits per heavy atom. The smallest absolute Gasteiger partial charge is 0.132 e. The summed E-state index contributed by atoms with van der Waals surface area (Å²) in [6, 6.07) is 2.13. The third-order valence-corrected chi connectivity index (χ3v) is 3.69. The SMILES string of the molecule is CCc1cc(N2CCN(CCBr)CC2)nc(C)n1. The maximum Gasteiger partial charge on any atom is 0.132 e. The fraction of sp³-hybridized carbons (Fsp3) is 0.692. The normalized spacial score (nSPS) is 17.2. The van der Waals surface area contributed by atoms with Gasteiger partial charge in [0.1, 0.15) is 11.6 Å². The van der Waals surface area contributed by atoms with Crippen LogP contribution in [0.1, 0.15) is 18.4 Å². The number of halogens is 1. The summed E-state index contributed by atoms with van der Waals surface area (Å²) in [6.07, 6.45) is 0.972. The van der Waals surface area contributed by atoms with Gasteiger partial charge in [0.2, 0.25) is 0 Å². The van der Waals surface area contributed by atoms with Gasteiger partial charge in [-0.2, -0.15) is 0 Å². The van der Waals surface area contributed by atoms with Crippen molar-refractivity contribution in [2.45, 2.75) is 20.3 Å². The van der Waals surface area contributed by atoms with Gasteiger partial charge in [0.25, 0.3) is 0 Å². The van der Waals surface area contributed by atoms with Gasteiger partial charge in [0, 0.05) is 49.8 Å². The van der Waals surface area contributed by atoms with Crippen LogP contribution in [0.2, 0.25) is 0 Å². The van der Waals surface area contributed by atoms with Gasteiger partial charge in [-0.15, -0.1) is 0 Å². The van der Waals surface area contributed by atoms with E-state index >= 15 is 0 Å². The Labute approximate surface area is 118 Å². The Balaban J connectivity index is 2.02. The molecule has 0 bridgehead atoms. The van der Waals surface area contributed by atoms with Crippen molar-refractivity contribution in [1.82, 2.24) is 14.9 Å². The van der Waals surface area contributed by atoms with Crippen molar-refractivity contribution < 1.29 is 0 Å². The van der Waals surface area contributed by atoms with Crippen LogP contribution in [0.4, 0.5) is 5.82 Å². The van der Waals surface area contributed by atoms with E-state index in [1.165, 1.54) is 0 Å². The van der Waals surface area contributed by atoms with Crippen LogP contribution >= 0.6 is 15.9 Å². The van der Waals surface area contributed by atoms with Crippen molar-refractivity contribution >= 4 is 21.7 Å². The van der Waals surface area contributed by atoms with Gasteiger partial charge in [0.05, 0.1) is 0 Å². The molecule has 0 N–H and O–H groups in total. The van der Waals surface area contributed by atoms with Gasteiger partial charge in [0.15, 0.2) is 0 Å². The number of rotatable bonds is 4. The number of hydrogen-bond donors (Lipinski definition) is 0. The lowest BCUT2D eigenvalue weighted by Crippen LogP contribution is -2.47. The molecule has 1 aromatic rings. The molecule has 1 saturated heterocycles. The lowest BCUT2D eigenvalue weighted by atomic mass is 10.2. The Bertz CT molecular complexity index is 389. The molecular weight excluding hydrogens is 292 g/mol. The summed E-state index contributed by atoms with van der Waals surface area (Å²) >= 11 is 3.50. The first-order valence-electron chi connectivity index (χ1n) is 6.60. The van der Waals surface area contributed by atoms with Gasteiger partial charge in [-0.25, -0.2) is 9.97 Å². The van der Waals surface area contributed by atoms with E-state index < -0.39 is 0 Å². The molecule has 0 saturated carbocycles. The number of piperazine rings is 1. The van der Waals surface area contributed by atoms with Gasteiger partial charge in [-0.05, 0) is 13.3 Å². The molecule has 0 atom stereocenters. The highest BCUT2D eigenvalue weighted by Gasteiger charge is 2.18. The molecule has 1 aliphatic rings. The molecular formula is C13H21BrN4. The third-order valence-electron chi connectivity index (χ3n) is 3.34. The Kier molecular flexibility index (Phi) is 4.95. The van der Waals surface area contributed by atoms with E-state index in [1.807, 2.05) is 6.92 Å². The van der Waals surface area contributed by atoms with E-state index in [9.17, 15) is 0 Å². The van der Waals surface area contributed by atoms with Crippen LogP contribution in [0.15, 0.2) is 6.07 Å². The van der Waals surface area contributed by atoms with Gasteiger partial charge < -0.3 is 4.90 Å². The molecule has 1 aromatic heterocycles.